The molecule has 1 aliphatic rings. The van der Waals surface area contributed by atoms with Crippen LogP contribution in [0.15, 0.2) is 40.9 Å². The molecule has 1 aliphatic heterocycles. The Kier molecular flexibility index (Phi) is 5.01. The summed E-state index contributed by atoms with van der Waals surface area (Å²) in [4.78, 5) is 26.9. The van der Waals surface area contributed by atoms with Crippen LogP contribution in [0, 0.1) is 0 Å². The van der Waals surface area contributed by atoms with E-state index in [-0.39, 0.29) is 5.91 Å². The molecule has 1 amide bonds. The molecule has 7 heteroatoms. The molecule has 3 rings (SSSR count). The summed E-state index contributed by atoms with van der Waals surface area (Å²) < 4.78 is 11.1. The summed E-state index contributed by atoms with van der Waals surface area (Å²) in [6, 6.07) is 9.48. The van der Waals surface area contributed by atoms with Crippen molar-refractivity contribution in [1.82, 2.24) is 4.90 Å². The summed E-state index contributed by atoms with van der Waals surface area (Å²) in [5.74, 6) is -0.334. The third kappa shape index (κ3) is 3.24. The molecule has 0 bridgehead atoms. The summed E-state index contributed by atoms with van der Waals surface area (Å²) in [6.45, 7) is 0.302. The molecule has 0 saturated heterocycles. The summed E-state index contributed by atoms with van der Waals surface area (Å²) in [6.07, 6.45) is 0. The second-order valence-corrected chi connectivity index (χ2v) is 6.90. The van der Waals surface area contributed by atoms with Gasteiger partial charge in [-0.2, -0.15) is 0 Å². The van der Waals surface area contributed by atoms with Crippen LogP contribution in [-0.4, -0.2) is 31.0 Å². The van der Waals surface area contributed by atoms with Crippen LogP contribution in [0.3, 0.4) is 0 Å². The number of hydrogen-bond acceptors (Lipinski definition) is 4. The SMILES string of the molecule is COC(=O)C(c1cc(Cl)ccc1OC)N1Cc2ccc(Br)cc2C1=O. The molecule has 0 aromatic heterocycles. The number of amides is 1. The number of carbonyl (C=O) groups excluding carboxylic acids is 2. The lowest BCUT2D eigenvalue weighted by Crippen LogP contribution is -2.35. The molecular weight excluding hydrogens is 410 g/mol. The Morgan fingerprint density at radius 2 is 2.00 bits per heavy atom. The topological polar surface area (TPSA) is 55.8 Å². The number of halogens is 2. The van der Waals surface area contributed by atoms with Crippen molar-refractivity contribution in [3.8, 4) is 5.75 Å². The zero-order chi connectivity index (χ0) is 18.1. The van der Waals surface area contributed by atoms with Crippen molar-refractivity contribution < 1.29 is 19.1 Å². The van der Waals surface area contributed by atoms with Gasteiger partial charge in [0.15, 0.2) is 6.04 Å². The Morgan fingerprint density at radius 3 is 2.68 bits per heavy atom. The van der Waals surface area contributed by atoms with E-state index in [2.05, 4.69) is 15.9 Å². The van der Waals surface area contributed by atoms with Gasteiger partial charge in [-0.25, -0.2) is 4.79 Å². The Labute approximate surface area is 158 Å². The van der Waals surface area contributed by atoms with Gasteiger partial charge in [0, 0.05) is 27.2 Å². The molecule has 1 heterocycles. The van der Waals surface area contributed by atoms with Crippen molar-refractivity contribution in [2.24, 2.45) is 0 Å². The molecule has 0 saturated carbocycles. The van der Waals surface area contributed by atoms with Crippen LogP contribution in [-0.2, 0) is 16.1 Å². The maximum Gasteiger partial charge on any atom is 0.333 e. The number of fused-ring (bicyclic) bond motifs is 1. The smallest absolute Gasteiger partial charge is 0.333 e. The number of benzene rings is 2. The molecule has 1 unspecified atom stereocenters. The predicted molar refractivity (Wildman–Crippen MR) is 96.8 cm³/mol. The highest BCUT2D eigenvalue weighted by molar-refractivity contribution is 9.10. The van der Waals surface area contributed by atoms with Gasteiger partial charge in [-0.05, 0) is 35.9 Å². The van der Waals surface area contributed by atoms with E-state index in [1.807, 2.05) is 12.1 Å². The summed E-state index contributed by atoms with van der Waals surface area (Å²) in [5, 5.41) is 0.441. The average Bonchev–Trinajstić information content (AvgIpc) is 2.91. The average molecular weight is 425 g/mol. The van der Waals surface area contributed by atoms with Crippen LogP contribution >= 0.6 is 27.5 Å². The molecular formula is C18H15BrClNO4. The zero-order valence-electron chi connectivity index (χ0n) is 13.6. The Bertz CT molecular complexity index is 855. The van der Waals surface area contributed by atoms with Crippen LogP contribution in [0.2, 0.25) is 5.02 Å². The predicted octanol–water partition coefficient (Wildman–Crippen LogP) is 3.98. The van der Waals surface area contributed by atoms with E-state index in [4.69, 9.17) is 21.1 Å². The third-order valence-corrected chi connectivity index (χ3v) is 4.85. The van der Waals surface area contributed by atoms with E-state index in [0.717, 1.165) is 10.0 Å². The lowest BCUT2D eigenvalue weighted by atomic mass is 10.0. The first-order chi connectivity index (χ1) is 12.0. The second-order valence-electron chi connectivity index (χ2n) is 5.55. The van der Waals surface area contributed by atoms with E-state index in [1.54, 1.807) is 24.3 Å². The number of hydrogen-bond donors (Lipinski definition) is 0. The molecule has 0 fully saturated rings. The Hall–Kier alpha value is -2.05. The molecule has 130 valence electrons. The van der Waals surface area contributed by atoms with Gasteiger partial charge < -0.3 is 14.4 Å². The van der Waals surface area contributed by atoms with Crippen molar-refractivity contribution in [3.63, 3.8) is 0 Å². The largest absolute Gasteiger partial charge is 0.496 e. The molecule has 5 nitrogen and oxygen atoms in total. The van der Waals surface area contributed by atoms with Crippen LogP contribution in [0.1, 0.15) is 27.5 Å². The van der Waals surface area contributed by atoms with Crippen molar-refractivity contribution in [2.75, 3.05) is 14.2 Å². The van der Waals surface area contributed by atoms with E-state index in [9.17, 15) is 9.59 Å². The number of ether oxygens (including phenoxy) is 2. The van der Waals surface area contributed by atoms with Gasteiger partial charge in [-0.15, -0.1) is 0 Å². The monoisotopic (exact) mass is 423 g/mol. The van der Waals surface area contributed by atoms with Crippen LogP contribution in [0.5, 0.6) is 5.75 Å². The van der Waals surface area contributed by atoms with Gasteiger partial charge in [0.05, 0.1) is 14.2 Å². The van der Waals surface area contributed by atoms with Crippen molar-refractivity contribution in [3.05, 3.63) is 62.6 Å². The number of nitrogens with zero attached hydrogens (tertiary/aromatic N) is 1. The van der Waals surface area contributed by atoms with Gasteiger partial charge in [0.2, 0.25) is 0 Å². The first kappa shape index (κ1) is 17.8. The second kappa shape index (κ2) is 7.06. The van der Waals surface area contributed by atoms with E-state index in [1.165, 1.54) is 19.1 Å². The minimum atomic E-state index is -0.947. The molecule has 0 radical (unpaired) electrons. The van der Waals surface area contributed by atoms with E-state index < -0.39 is 12.0 Å². The molecule has 25 heavy (non-hydrogen) atoms. The Balaban J connectivity index is 2.09. The fraction of sp³-hybridized carbons (Fsp3) is 0.222. The minimum Gasteiger partial charge on any atom is -0.496 e. The first-order valence-corrected chi connectivity index (χ1v) is 8.64. The molecule has 2 aromatic rings. The summed E-state index contributed by atoms with van der Waals surface area (Å²) in [7, 11) is 2.79. The molecule has 1 atom stereocenters. The van der Waals surface area contributed by atoms with E-state index >= 15 is 0 Å². The Morgan fingerprint density at radius 1 is 1.24 bits per heavy atom. The normalized spacial score (nSPS) is 14.2. The number of carbonyl (C=O) groups is 2. The van der Waals surface area contributed by atoms with Crippen LogP contribution in [0.4, 0.5) is 0 Å². The minimum absolute atomic E-state index is 0.242. The van der Waals surface area contributed by atoms with Crippen molar-refractivity contribution in [2.45, 2.75) is 12.6 Å². The van der Waals surface area contributed by atoms with Gasteiger partial charge in [0.25, 0.3) is 5.91 Å². The fourth-order valence-electron chi connectivity index (χ4n) is 2.96. The van der Waals surface area contributed by atoms with Crippen molar-refractivity contribution in [1.29, 1.82) is 0 Å². The van der Waals surface area contributed by atoms with Crippen LogP contribution in [0.25, 0.3) is 0 Å². The van der Waals surface area contributed by atoms with Crippen molar-refractivity contribution >= 4 is 39.4 Å². The number of rotatable bonds is 4. The van der Waals surface area contributed by atoms with Gasteiger partial charge in [-0.1, -0.05) is 33.6 Å². The van der Waals surface area contributed by atoms with Gasteiger partial charge in [0.1, 0.15) is 5.75 Å². The van der Waals surface area contributed by atoms with E-state index in [0.29, 0.717) is 28.4 Å². The maximum absolute atomic E-state index is 12.9. The lowest BCUT2D eigenvalue weighted by molar-refractivity contribution is -0.146. The third-order valence-electron chi connectivity index (χ3n) is 4.13. The standard InChI is InChI=1S/C18H15BrClNO4/c1-24-15-6-5-12(20)8-14(15)16(18(23)25-2)21-9-10-3-4-11(19)7-13(10)17(21)22/h3-8,16H,9H2,1-2H3. The molecule has 2 aromatic carbocycles. The zero-order valence-corrected chi connectivity index (χ0v) is 15.9. The molecule has 0 aliphatic carbocycles. The number of methoxy groups -OCH3 is 2. The molecule has 0 N–H and O–H groups in total. The van der Waals surface area contributed by atoms with Gasteiger partial charge in [-0.3, -0.25) is 4.79 Å². The maximum atomic E-state index is 12.9. The van der Waals surface area contributed by atoms with Crippen LogP contribution < -0.4 is 4.74 Å². The fourth-order valence-corrected chi connectivity index (χ4v) is 3.50. The lowest BCUT2D eigenvalue weighted by Gasteiger charge is -2.27. The number of esters is 1. The highest BCUT2D eigenvalue weighted by Gasteiger charge is 2.39. The summed E-state index contributed by atoms with van der Waals surface area (Å²) in [5.41, 5.74) is 1.90. The highest BCUT2D eigenvalue weighted by atomic mass is 79.9. The molecule has 0 spiro atoms. The summed E-state index contributed by atoms with van der Waals surface area (Å²) >= 11 is 9.47. The quantitative estimate of drug-likeness (QED) is 0.697. The van der Waals surface area contributed by atoms with Gasteiger partial charge >= 0.3 is 5.97 Å². The first-order valence-electron chi connectivity index (χ1n) is 7.47. The highest BCUT2D eigenvalue weighted by Crippen LogP contribution is 2.38.